The summed E-state index contributed by atoms with van der Waals surface area (Å²) >= 11 is 0. The summed E-state index contributed by atoms with van der Waals surface area (Å²) in [6.45, 7) is 3.12. The molecule has 4 aromatic heterocycles. The van der Waals surface area contributed by atoms with E-state index >= 15 is 0 Å². The second kappa shape index (κ2) is 10.2. The van der Waals surface area contributed by atoms with Gasteiger partial charge >= 0.3 is 0 Å². The van der Waals surface area contributed by atoms with Crippen molar-refractivity contribution in [1.29, 1.82) is 0 Å². The summed E-state index contributed by atoms with van der Waals surface area (Å²) in [7, 11) is 0. The van der Waals surface area contributed by atoms with E-state index in [4.69, 9.17) is 9.97 Å². The van der Waals surface area contributed by atoms with Gasteiger partial charge in [0.1, 0.15) is 11.6 Å². The predicted molar refractivity (Wildman–Crippen MR) is 138 cm³/mol. The predicted octanol–water partition coefficient (Wildman–Crippen LogP) is 5.31. The number of fused-ring (bicyclic) bond motifs is 1. The Morgan fingerprint density at radius 1 is 1.03 bits per heavy atom. The number of rotatable bonds is 6. The lowest BCUT2D eigenvalue weighted by Crippen LogP contribution is -2.41. The fraction of sp³-hybridized carbons (Fsp3) is 0.393. The van der Waals surface area contributed by atoms with Gasteiger partial charge in [-0.15, -0.1) is 0 Å². The molecule has 1 aliphatic heterocycles. The summed E-state index contributed by atoms with van der Waals surface area (Å²) in [6.07, 6.45) is 10.6. The molecule has 2 aliphatic rings. The summed E-state index contributed by atoms with van der Waals surface area (Å²) in [5.74, 6) is -1.85. The molecule has 0 aromatic carbocycles. The summed E-state index contributed by atoms with van der Waals surface area (Å²) in [6, 6.07) is 4.69. The highest BCUT2D eigenvalue weighted by molar-refractivity contribution is 5.93. The van der Waals surface area contributed by atoms with Crippen LogP contribution in [-0.2, 0) is 6.42 Å². The third-order valence-corrected chi connectivity index (χ3v) is 7.53. The van der Waals surface area contributed by atoms with E-state index in [-0.39, 0.29) is 18.2 Å². The number of anilines is 1. The van der Waals surface area contributed by atoms with Crippen molar-refractivity contribution in [3.63, 3.8) is 0 Å². The standard InChI is InChI=1S/C28H28F3N7/c1-15-9-18(6-8-33-15)35-28-25-20(16-3-2-4-16)13-32-14-24(25)37-27(38-28)17-5-7-34-19(10-17)11-23-21(29)12-22(30)26(31)36-23/h5,7,10,12-16,18,33H,2-4,6,8-9,11H2,1H3,(H,35,37,38). The molecular weight excluding hydrogens is 491 g/mol. The third kappa shape index (κ3) is 4.92. The van der Waals surface area contributed by atoms with E-state index in [0.29, 0.717) is 35.1 Å². The molecule has 4 aromatic rings. The number of hydrogen-bond acceptors (Lipinski definition) is 7. The molecule has 10 heteroatoms. The van der Waals surface area contributed by atoms with Crippen LogP contribution in [0.4, 0.5) is 19.0 Å². The number of aromatic nitrogens is 5. The van der Waals surface area contributed by atoms with Gasteiger partial charge in [-0.3, -0.25) is 9.97 Å². The van der Waals surface area contributed by atoms with E-state index in [2.05, 4.69) is 32.5 Å². The molecule has 7 nitrogen and oxygen atoms in total. The number of piperidine rings is 1. The first-order valence-electron chi connectivity index (χ1n) is 13.1. The second-order valence-electron chi connectivity index (χ2n) is 10.3. The molecule has 1 aliphatic carbocycles. The molecule has 0 amide bonds. The highest BCUT2D eigenvalue weighted by Crippen LogP contribution is 2.41. The Labute approximate surface area is 218 Å². The second-order valence-corrected chi connectivity index (χ2v) is 10.3. The molecule has 0 spiro atoms. The van der Waals surface area contributed by atoms with E-state index in [0.717, 1.165) is 48.9 Å². The molecule has 2 N–H and O–H groups in total. The van der Waals surface area contributed by atoms with Gasteiger partial charge in [0.2, 0.25) is 5.95 Å². The Kier molecular flexibility index (Phi) is 6.65. The van der Waals surface area contributed by atoms with Gasteiger partial charge in [0.15, 0.2) is 11.6 Å². The number of pyridine rings is 3. The third-order valence-electron chi connectivity index (χ3n) is 7.53. The Balaban J connectivity index is 1.39. The Bertz CT molecular complexity index is 1490. The zero-order valence-corrected chi connectivity index (χ0v) is 21.0. The van der Waals surface area contributed by atoms with E-state index in [9.17, 15) is 13.2 Å². The molecule has 196 valence electrons. The minimum absolute atomic E-state index is 0.101. The topological polar surface area (TPSA) is 88.5 Å². The molecule has 0 bridgehead atoms. The average molecular weight is 520 g/mol. The normalized spacial score (nSPS) is 19.9. The maximum Gasteiger partial charge on any atom is 0.249 e. The molecule has 1 saturated heterocycles. The van der Waals surface area contributed by atoms with Gasteiger partial charge in [-0.25, -0.2) is 23.7 Å². The van der Waals surface area contributed by atoms with Crippen molar-refractivity contribution < 1.29 is 13.2 Å². The minimum Gasteiger partial charge on any atom is -0.367 e. The maximum absolute atomic E-state index is 14.2. The van der Waals surface area contributed by atoms with Crippen molar-refractivity contribution in [2.75, 3.05) is 11.9 Å². The molecular formula is C28H28F3N7. The number of nitrogens with one attached hydrogen (secondary N) is 2. The Morgan fingerprint density at radius 3 is 2.68 bits per heavy atom. The smallest absolute Gasteiger partial charge is 0.249 e. The molecule has 6 rings (SSSR count). The molecule has 5 heterocycles. The lowest BCUT2D eigenvalue weighted by Gasteiger charge is -2.31. The van der Waals surface area contributed by atoms with Crippen molar-refractivity contribution in [3.8, 4) is 11.4 Å². The van der Waals surface area contributed by atoms with E-state index in [1.807, 2.05) is 6.20 Å². The van der Waals surface area contributed by atoms with Crippen LogP contribution in [0.1, 0.15) is 61.9 Å². The van der Waals surface area contributed by atoms with Gasteiger partial charge in [0.25, 0.3) is 0 Å². The van der Waals surface area contributed by atoms with Gasteiger partial charge in [-0.1, -0.05) is 6.42 Å². The number of hydrogen-bond donors (Lipinski definition) is 2. The molecule has 38 heavy (non-hydrogen) atoms. The van der Waals surface area contributed by atoms with Crippen LogP contribution in [0.15, 0.2) is 36.8 Å². The lowest BCUT2D eigenvalue weighted by molar-refractivity contribution is 0.396. The Hall–Kier alpha value is -3.66. The monoisotopic (exact) mass is 519 g/mol. The fourth-order valence-electron chi connectivity index (χ4n) is 5.32. The molecule has 2 fully saturated rings. The first-order valence-corrected chi connectivity index (χ1v) is 13.1. The van der Waals surface area contributed by atoms with Crippen LogP contribution in [0.5, 0.6) is 0 Å². The van der Waals surface area contributed by atoms with E-state index in [1.54, 1.807) is 24.5 Å². The van der Waals surface area contributed by atoms with Crippen molar-refractivity contribution in [2.45, 2.75) is 63.5 Å². The van der Waals surface area contributed by atoms with Crippen LogP contribution >= 0.6 is 0 Å². The van der Waals surface area contributed by atoms with E-state index < -0.39 is 17.6 Å². The van der Waals surface area contributed by atoms with Gasteiger partial charge in [0, 0.05) is 53.6 Å². The lowest BCUT2D eigenvalue weighted by atomic mass is 9.79. The van der Waals surface area contributed by atoms with Crippen LogP contribution in [-0.4, -0.2) is 43.5 Å². The van der Waals surface area contributed by atoms with Gasteiger partial charge < -0.3 is 10.6 Å². The van der Waals surface area contributed by atoms with Gasteiger partial charge in [0.05, 0.1) is 17.4 Å². The van der Waals surface area contributed by atoms with Crippen LogP contribution in [0.2, 0.25) is 0 Å². The number of nitrogens with zero attached hydrogens (tertiary/aromatic N) is 5. The van der Waals surface area contributed by atoms with Crippen molar-refractivity contribution in [3.05, 3.63) is 71.3 Å². The maximum atomic E-state index is 14.2. The molecule has 1 saturated carbocycles. The summed E-state index contributed by atoms with van der Waals surface area (Å²) in [5.41, 5.74) is 2.84. The molecule has 2 unspecified atom stereocenters. The SMILES string of the molecule is CC1CC(Nc2nc(-c3ccnc(Cc4nc(F)c(F)cc4F)c3)nc3cncc(C4CCC4)c23)CCN1. The zero-order valence-electron chi connectivity index (χ0n) is 21.0. The highest BCUT2D eigenvalue weighted by atomic mass is 19.2. The van der Waals surface area contributed by atoms with Crippen LogP contribution in [0.3, 0.4) is 0 Å². The van der Waals surface area contributed by atoms with Crippen LogP contribution < -0.4 is 10.6 Å². The summed E-state index contributed by atoms with van der Waals surface area (Å²) in [4.78, 5) is 22.0. The van der Waals surface area contributed by atoms with Crippen molar-refractivity contribution in [1.82, 2.24) is 30.2 Å². The highest BCUT2D eigenvalue weighted by Gasteiger charge is 2.26. The average Bonchev–Trinajstić information content (AvgIpc) is 2.86. The summed E-state index contributed by atoms with van der Waals surface area (Å²) < 4.78 is 41.2. The van der Waals surface area contributed by atoms with Crippen LogP contribution in [0.25, 0.3) is 22.3 Å². The molecule has 2 atom stereocenters. The molecule has 0 radical (unpaired) electrons. The largest absolute Gasteiger partial charge is 0.367 e. The first kappa shape index (κ1) is 24.7. The van der Waals surface area contributed by atoms with Gasteiger partial charge in [-0.05, 0) is 62.8 Å². The van der Waals surface area contributed by atoms with Gasteiger partial charge in [-0.2, -0.15) is 4.39 Å². The van der Waals surface area contributed by atoms with E-state index in [1.165, 1.54) is 12.0 Å². The van der Waals surface area contributed by atoms with Crippen LogP contribution in [0, 0.1) is 17.6 Å². The summed E-state index contributed by atoms with van der Waals surface area (Å²) in [5, 5.41) is 8.22. The fourth-order valence-corrected chi connectivity index (χ4v) is 5.32. The minimum atomic E-state index is -1.34. The first-order chi connectivity index (χ1) is 18.4. The van der Waals surface area contributed by atoms with Crippen molar-refractivity contribution >= 4 is 16.7 Å². The quantitative estimate of drug-likeness (QED) is 0.334. The number of halogens is 3. The van der Waals surface area contributed by atoms with Crippen molar-refractivity contribution in [2.24, 2.45) is 0 Å². The Morgan fingerprint density at radius 2 is 1.89 bits per heavy atom. The zero-order chi connectivity index (χ0) is 26.2.